The number of likely N-dealkylation sites (tertiary alicyclic amines) is 2. The number of piperazine rings is 1. The van der Waals surface area contributed by atoms with Crippen molar-refractivity contribution in [1.29, 1.82) is 0 Å². The number of nitrogens with zero attached hydrogens (tertiary/aromatic N) is 4. The summed E-state index contributed by atoms with van der Waals surface area (Å²) in [5.74, 6) is 1.67. The fourth-order valence-electron chi connectivity index (χ4n) is 8.05. The number of hydrogen-bond acceptors (Lipinski definition) is 4. The van der Waals surface area contributed by atoms with Gasteiger partial charge in [0.1, 0.15) is 0 Å². The highest BCUT2D eigenvalue weighted by Crippen LogP contribution is 2.47. The minimum absolute atomic E-state index is 0.234. The lowest BCUT2D eigenvalue weighted by molar-refractivity contribution is -0.0358. The molecule has 0 spiro atoms. The second-order valence-electron chi connectivity index (χ2n) is 16.1. The molecule has 0 bridgehead atoms. The summed E-state index contributed by atoms with van der Waals surface area (Å²) >= 11 is 0. The topological polar surface area (TPSA) is 13.0 Å². The summed E-state index contributed by atoms with van der Waals surface area (Å²) in [5.41, 5.74) is 1.21. The third-order valence-corrected chi connectivity index (χ3v) is 10.2. The van der Waals surface area contributed by atoms with E-state index in [4.69, 9.17) is 0 Å². The number of fused-ring (bicyclic) bond motifs is 2. The third kappa shape index (κ3) is 5.41. The van der Waals surface area contributed by atoms with Gasteiger partial charge in [-0.2, -0.15) is 0 Å². The van der Waals surface area contributed by atoms with E-state index in [1.54, 1.807) is 0 Å². The second-order valence-corrected chi connectivity index (χ2v) is 16.1. The van der Waals surface area contributed by atoms with E-state index in [-0.39, 0.29) is 11.1 Å². The van der Waals surface area contributed by atoms with E-state index in [0.29, 0.717) is 11.0 Å². The fraction of sp³-hybridized carbons (Fsp3) is 1.00. The smallest absolute Gasteiger partial charge is 0.0271 e. The Morgan fingerprint density at radius 1 is 0.647 bits per heavy atom. The molecule has 0 aromatic heterocycles. The molecule has 4 heterocycles. The number of piperidine rings is 1. The maximum Gasteiger partial charge on any atom is 0.0271 e. The van der Waals surface area contributed by atoms with Gasteiger partial charge in [-0.25, -0.2) is 0 Å². The van der Waals surface area contributed by atoms with Crippen LogP contribution in [-0.2, 0) is 0 Å². The van der Waals surface area contributed by atoms with Crippen molar-refractivity contribution < 1.29 is 0 Å². The van der Waals surface area contributed by atoms with Crippen molar-refractivity contribution in [3.63, 3.8) is 0 Å². The van der Waals surface area contributed by atoms with Crippen LogP contribution in [0.1, 0.15) is 102 Å². The first kappa shape index (κ1) is 26.9. The molecule has 4 saturated heterocycles. The van der Waals surface area contributed by atoms with Gasteiger partial charge < -0.3 is 0 Å². The fourth-order valence-corrected chi connectivity index (χ4v) is 8.05. The minimum atomic E-state index is 0.234. The van der Waals surface area contributed by atoms with Gasteiger partial charge in [-0.3, -0.25) is 19.6 Å². The van der Waals surface area contributed by atoms with E-state index in [1.165, 1.54) is 65.0 Å². The zero-order chi connectivity index (χ0) is 25.3. The molecule has 0 aromatic rings. The van der Waals surface area contributed by atoms with Crippen LogP contribution in [0.5, 0.6) is 0 Å². The maximum absolute atomic E-state index is 3.00. The van der Waals surface area contributed by atoms with E-state index in [2.05, 4.69) is 95.8 Å². The Hall–Kier alpha value is -0.160. The van der Waals surface area contributed by atoms with Crippen LogP contribution >= 0.6 is 0 Å². The Kier molecular flexibility index (Phi) is 7.11. The summed E-state index contributed by atoms with van der Waals surface area (Å²) in [5, 5.41) is 0. The van der Waals surface area contributed by atoms with E-state index in [1.807, 2.05) is 0 Å². The monoisotopic (exact) mass is 474 g/mol. The Bertz CT molecular complexity index is 709. The SMILES string of the molecule is CC(C)(CC1CCC2CN(C(C)(C)C)CC2N1C(C)(C)C)C1CC2CN(C(C)(C)C)CCN2C1. The van der Waals surface area contributed by atoms with Crippen molar-refractivity contribution >= 4 is 0 Å². The molecule has 0 aromatic carbocycles. The molecule has 4 rings (SSSR count). The molecule has 0 radical (unpaired) electrons. The average Bonchev–Trinajstić information content (AvgIpc) is 3.29. The van der Waals surface area contributed by atoms with Crippen LogP contribution in [0.3, 0.4) is 0 Å². The van der Waals surface area contributed by atoms with Crippen LogP contribution in [0, 0.1) is 17.3 Å². The molecular formula is C30H58N4. The van der Waals surface area contributed by atoms with Crippen LogP contribution < -0.4 is 0 Å². The Morgan fingerprint density at radius 3 is 1.88 bits per heavy atom. The molecule has 0 saturated carbocycles. The molecule has 0 aliphatic carbocycles. The van der Waals surface area contributed by atoms with E-state index in [0.717, 1.165) is 30.0 Å². The lowest BCUT2D eigenvalue weighted by Gasteiger charge is -2.53. The van der Waals surface area contributed by atoms with Crippen LogP contribution in [0.2, 0.25) is 0 Å². The van der Waals surface area contributed by atoms with Gasteiger partial charge in [-0.15, -0.1) is 0 Å². The Morgan fingerprint density at radius 2 is 1.29 bits per heavy atom. The van der Waals surface area contributed by atoms with E-state index < -0.39 is 0 Å². The Labute approximate surface area is 212 Å². The zero-order valence-electron chi connectivity index (χ0n) is 24.7. The molecule has 4 nitrogen and oxygen atoms in total. The summed E-state index contributed by atoms with van der Waals surface area (Å²) in [7, 11) is 0. The molecule has 4 fully saturated rings. The Balaban J connectivity index is 1.46. The first-order chi connectivity index (χ1) is 15.5. The van der Waals surface area contributed by atoms with Crippen LogP contribution in [0.4, 0.5) is 0 Å². The van der Waals surface area contributed by atoms with E-state index in [9.17, 15) is 0 Å². The second kappa shape index (κ2) is 8.99. The quantitative estimate of drug-likeness (QED) is 0.530. The average molecular weight is 475 g/mol. The largest absolute Gasteiger partial charge is 0.298 e. The first-order valence-electron chi connectivity index (χ1n) is 14.5. The lowest BCUT2D eigenvalue weighted by Crippen LogP contribution is -2.60. The van der Waals surface area contributed by atoms with Crippen LogP contribution in [-0.4, -0.2) is 93.6 Å². The van der Waals surface area contributed by atoms with Gasteiger partial charge in [0.25, 0.3) is 0 Å². The first-order valence-corrected chi connectivity index (χ1v) is 14.5. The van der Waals surface area contributed by atoms with Crippen molar-refractivity contribution in [2.45, 2.75) is 137 Å². The molecular weight excluding hydrogens is 416 g/mol. The van der Waals surface area contributed by atoms with Crippen LogP contribution in [0.25, 0.3) is 0 Å². The molecule has 5 unspecified atom stereocenters. The normalized spacial score (nSPS) is 35.6. The highest BCUT2D eigenvalue weighted by molar-refractivity contribution is 5.05. The summed E-state index contributed by atoms with van der Waals surface area (Å²) < 4.78 is 0. The lowest BCUT2D eigenvalue weighted by atomic mass is 9.70. The summed E-state index contributed by atoms with van der Waals surface area (Å²) in [6, 6.07) is 2.21. The van der Waals surface area contributed by atoms with Crippen molar-refractivity contribution in [3.05, 3.63) is 0 Å². The molecule has 0 N–H and O–H groups in total. The summed E-state index contributed by atoms with van der Waals surface area (Å²) in [4.78, 5) is 11.3. The molecule has 34 heavy (non-hydrogen) atoms. The van der Waals surface area contributed by atoms with Gasteiger partial charge >= 0.3 is 0 Å². The minimum Gasteiger partial charge on any atom is -0.298 e. The van der Waals surface area contributed by atoms with Crippen LogP contribution in [0.15, 0.2) is 0 Å². The number of hydrogen-bond donors (Lipinski definition) is 0. The van der Waals surface area contributed by atoms with Crippen molar-refractivity contribution in [2.75, 3.05) is 39.3 Å². The maximum atomic E-state index is 3.00. The van der Waals surface area contributed by atoms with E-state index >= 15 is 0 Å². The number of rotatable bonds is 3. The van der Waals surface area contributed by atoms with Crippen molar-refractivity contribution in [2.24, 2.45) is 17.3 Å². The molecule has 0 amide bonds. The van der Waals surface area contributed by atoms with Gasteiger partial charge in [-0.05, 0) is 105 Å². The highest BCUT2D eigenvalue weighted by atomic mass is 15.3. The van der Waals surface area contributed by atoms with Crippen molar-refractivity contribution in [1.82, 2.24) is 19.6 Å². The standard InChI is InChI=1S/C30H58N4/c1-27(2,3)32-15-14-31-19-23(16-25(31)20-32)30(10,11)17-24-13-12-22-18-33(28(4,5)6)21-26(22)34(24)29(7,8)9/h22-26H,12-21H2,1-11H3. The zero-order valence-corrected chi connectivity index (χ0v) is 24.7. The summed E-state index contributed by atoms with van der Waals surface area (Å²) in [6.07, 6.45) is 5.56. The molecule has 4 heteroatoms. The molecule has 5 atom stereocenters. The molecule has 4 aliphatic rings. The van der Waals surface area contributed by atoms with Gasteiger partial charge in [0.15, 0.2) is 0 Å². The summed E-state index contributed by atoms with van der Waals surface area (Å²) in [6.45, 7) is 34.7. The highest BCUT2D eigenvalue weighted by Gasteiger charge is 2.51. The van der Waals surface area contributed by atoms with Crippen molar-refractivity contribution in [3.8, 4) is 0 Å². The molecule has 198 valence electrons. The van der Waals surface area contributed by atoms with Gasteiger partial charge in [-0.1, -0.05) is 13.8 Å². The van der Waals surface area contributed by atoms with Gasteiger partial charge in [0.05, 0.1) is 0 Å². The predicted octanol–water partition coefficient (Wildman–Crippen LogP) is 5.57. The van der Waals surface area contributed by atoms with Gasteiger partial charge in [0, 0.05) is 74.0 Å². The molecule has 4 aliphatic heterocycles. The predicted molar refractivity (Wildman–Crippen MR) is 146 cm³/mol. The third-order valence-electron chi connectivity index (χ3n) is 10.2. The van der Waals surface area contributed by atoms with Gasteiger partial charge in [0.2, 0.25) is 0 Å².